The predicted molar refractivity (Wildman–Crippen MR) is 41.6 cm³/mol. The fraction of sp³-hybridized carbons (Fsp3) is 0.375. The molecule has 0 bridgehead atoms. The van der Waals surface area contributed by atoms with Gasteiger partial charge in [-0.1, -0.05) is 6.08 Å². The van der Waals surface area contributed by atoms with E-state index < -0.39 is 11.9 Å². The number of aliphatic carboxylic acids is 1. The van der Waals surface area contributed by atoms with Crippen molar-refractivity contribution >= 4 is 17.5 Å². The van der Waals surface area contributed by atoms with E-state index in [-0.39, 0.29) is 11.6 Å². The summed E-state index contributed by atoms with van der Waals surface area (Å²) in [6.45, 7) is 2.50. The van der Waals surface area contributed by atoms with Gasteiger partial charge < -0.3 is 5.11 Å². The number of allylic oxidation sites excluding steroid dienone is 1. The molecular weight excluding hydrogens is 160 g/mol. The van der Waals surface area contributed by atoms with Crippen LogP contribution in [0.5, 0.6) is 0 Å². The van der Waals surface area contributed by atoms with E-state index in [1.54, 1.807) is 0 Å². The molecule has 0 amide bonds. The number of ketones is 2. The van der Waals surface area contributed by atoms with Crippen LogP contribution in [0, 0.1) is 5.92 Å². The van der Waals surface area contributed by atoms with Gasteiger partial charge in [-0.15, -0.1) is 0 Å². The first-order valence-electron chi connectivity index (χ1n) is 3.37. The first-order chi connectivity index (χ1) is 5.45. The summed E-state index contributed by atoms with van der Waals surface area (Å²) in [6.07, 6.45) is 1.89. The van der Waals surface area contributed by atoms with Crippen LogP contribution in [0.25, 0.3) is 0 Å². The van der Waals surface area contributed by atoms with Gasteiger partial charge >= 0.3 is 5.97 Å². The molecule has 0 aliphatic rings. The maximum Gasteiger partial charge on any atom is 0.328 e. The minimum atomic E-state index is -1.16. The third-order valence-electron chi connectivity index (χ3n) is 1.31. The van der Waals surface area contributed by atoms with Crippen molar-refractivity contribution in [3.63, 3.8) is 0 Å². The summed E-state index contributed by atoms with van der Waals surface area (Å²) in [7, 11) is 0. The molecule has 0 saturated heterocycles. The lowest BCUT2D eigenvalue weighted by molar-refractivity contribution is -0.131. The van der Waals surface area contributed by atoms with Crippen LogP contribution in [-0.4, -0.2) is 22.6 Å². The van der Waals surface area contributed by atoms with E-state index in [4.69, 9.17) is 5.11 Å². The fourth-order valence-electron chi connectivity index (χ4n) is 0.736. The Morgan fingerprint density at radius 3 is 1.83 bits per heavy atom. The average molecular weight is 170 g/mol. The Morgan fingerprint density at radius 1 is 1.17 bits per heavy atom. The van der Waals surface area contributed by atoms with Crippen molar-refractivity contribution in [2.75, 3.05) is 0 Å². The quantitative estimate of drug-likeness (QED) is 0.490. The highest BCUT2D eigenvalue weighted by Crippen LogP contribution is 2.01. The molecule has 0 aromatic rings. The van der Waals surface area contributed by atoms with Crippen LogP contribution in [0.2, 0.25) is 0 Å². The molecule has 66 valence electrons. The monoisotopic (exact) mass is 170 g/mol. The van der Waals surface area contributed by atoms with Gasteiger partial charge in [-0.05, 0) is 13.8 Å². The Labute approximate surface area is 69.9 Å². The molecule has 0 aliphatic carbocycles. The number of hydrogen-bond acceptors (Lipinski definition) is 3. The molecule has 0 aromatic carbocycles. The molecule has 12 heavy (non-hydrogen) atoms. The van der Waals surface area contributed by atoms with Crippen molar-refractivity contribution < 1.29 is 19.5 Å². The minimum Gasteiger partial charge on any atom is -0.478 e. The number of carbonyl (C=O) groups excluding carboxylic acids is 2. The van der Waals surface area contributed by atoms with Crippen molar-refractivity contribution in [3.8, 4) is 0 Å². The van der Waals surface area contributed by atoms with E-state index in [0.29, 0.717) is 0 Å². The fourth-order valence-corrected chi connectivity index (χ4v) is 0.736. The highest BCUT2D eigenvalue weighted by atomic mass is 16.4. The highest BCUT2D eigenvalue weighted by Gasteiger charge is 2.15. The molecule has 0 aromatic heterocycles. The second kappa shape index (κ2) is 4.43. The zero-order valence-electron chi connectivity index (χ0n) is 6.90. The lowest BCUT2D eigenvalue weighted by Crippen LogP contribution is -2.16. The summed E-state index contributed by atoms with van der Waals surface area (Å²) in [5, 5.41) is 8.22. The van der Waals surface area contributed by atoms with E-state index in [1.165, 1.54) is 13.8 Å². The minimum absolute atomic E-state index is 0.347. The first kappa shape index (κ1) is 10.6. The average Bonchev–Trinajstić information content (AvgIpc) is 1.84. The molecule has 0 radical (unpaired) electrons. The number of carboxylic acid groups (broad SMARTS) is 1. The second-order valence-electron chi connectivity index (χ2n) is 2.40. The van der Waals surface area contributed by atoms with Crippen LogP contribution in [-0.2, 0) is 14.4 Å². The molecule has 0 rings (SSSR count). The van der Waals surface area contributed by atoms with Gasteiger partial charge in [-0.25, -0.2) is 4.79 Å². The molecule has 1 N–H and O–H groups in total. The third kappa shape index (κ3) is 3.65. The molecular formula is C8H10O4. The summed E-state index contributed by atoms with van der Waals surface area (Å²) in [5.41, 5.74) is 0. The zero-order chi connectivity index (χ0) is 9.72. The SMILES string of the molecule is CC(=O)C(C=CC(=O)O)C(C)=O. The Morgan fingerprint density at radius 2 is 1.58 bits per heavy atom. The number of rotatable bonds is 4. The summed E-state index contributed by atoms with van der Waals surface area (Å²) in [6, 6.07) is 0. The molecule has 0 aliphatic heterocycles. The van der Waals surface area contributed by atoms with Gasteiger partial charge in [0.2, 0.25) is 0 Å². The van der Waals surface area contributed by atoms with Crippen LogP contribution < -0.4 is 0 Å². The maximum absolute atomic E-state index is 10.7. The smallest absolute Gasteiger partial charge is 0.328 e. The summed E-state index contributed by atoms with van der Waals surface area (Å²) in [4.78, 5) is 31.5. The van der Waals surface area contributed by atoms with Gasteiger partial charge in [0, 0.05) is 6.08 Å². The third-order valence-corrected chi connectivity index (χ3v) is 1.31. The second-order valence-corrected chi connectivity index (χ2v) is 2.40. The number of carboxylic acids is 1. The van der Waals surface area contributed by atoms with Crippen molar-refractivity contribution in [2.45, 2.75) is 13.8 Å². The zero-order valence-corrected chi connectivity index (χ0v) is 6.90. The largest absolute Gasteiger partial charge is 0.478 e. The maximum atomic E-state index is 10.7. The van der Waals surface area contributed by atoms with Gasteiger partial charge in [-0.2, -0.15) is 0 Å². The predicted octanol–water partition coefficient (Wildman–Crippen LogP) is 0.421. The van der Waals surface area contributed by atoms with Gasteiger partial charge in [-0.3, -0.25) is 9.59 Å². The first-order valence-corrected chi connectivity index (χ1v) is 3.37. The molecule has 0 fully saturated rings. The Hall–Kier alpha value is -1.45. The normalized spacial score (nSPS) is 10.6. The van der Waals surface area contributed by atoms with E-state index in [1.807, 2.05) is 0 Å². The molecule has 0 saturated carbocycles. The Balaban J connectivity index is 4.44. The molecule has 0 atom stereocenters. The number of carbonyl (C=O) groups is 3. The number of hydrogen-bond donors (Lipinski definition) is 1. The van der Waals surface area contributed by atoms with Crippen LogP contribution in [0.3, 0.4) is 0 Å². The van der Waals surface area contributed by atoms with Crippen molar-refractivity contribution in [2.24, 2.45) is 5.92 Å². The van der Waals surface area contributed by atoms with Crippen LogP contribution in [0.15, 0.2) is 12.2 Å². The Bertz CT molecular complexity index is 225. The standard InChI is InChI=1S/C8H10O4/c1-5(9)7(6(2)10)3-4-8(11)12/h3-4,7H,1-2H3,(H,11,12). The van der Waals surface area contributed by atoms with Crippen molar-refractivity contribution in [1.82, 2.24) is 0 Å². The summed E-state index contributed by atoms with van der Waals surface area (Å²) >= 11 is 0. The van der Waals surface area contributed by atoms with Crippen LogP contribution in [0.1, 0.15) is 13.8 Å². The van der Waals surface area contributed by atoms with E-state index in [2.05, 4.69) is 0 Å². The van der Waals surface area contributed by atoms with Crippen molar-refractivity contribution in [1.29, 1.82) is 0 Å². The van der Waals surface area contributed by atoms with E-state index >= 15 is 0 Å². The molecule has 0 spiro atoms. The lowest BCUT2D eigenvalue weighted by atomic mass is 10.0. The van der Waals surface area contributed by atoms with Crippen LogP contribution in [0.4, 0.5) is 0 Å². The molecule has 0 heterocycles. The van der Waals surface area contributed by atoms with Crippen LogP contribution >= 0.6 is 0 Å². The number of Topliss-reactive ketones (excluding diaryl/α,β-unsaturated/α-hetero) is 2. The lowest BCUT2D eigenvalue weighted by Gasteiger charge is -2.01. The molecule has 4 nitrogen and oxygen atoms in total. The summed E-state index contributed by atoms with van der Waals surface area (Å²) < 4.78 is 0. The topological polar surface area (TPSA) is 71.4 Å². The van der Waals surface area contributed by atoms with Gasteiger partial charge in [0.1, 0.15) is 11.6 Å². The Kier molecular flexibility index (Phi) is 3.90. The van der Waals surface area contributed by atoms with E-state index in [0.717, 1.165) is 12.2 Å². The van der Waals surface area contributed by atoms with Crippen molar-refractivity contribution in [3.05, 3.63) is 12.2 Å². The van der Waals surface area contributed by atoms with Gasteiger partial charge in [0.15, 0.2) is 0 Å². The molecule has 0 unspecified atom stereocenters. The van der Waals surface area contributed by atoms with E-state index in [9.17, 15) is 14.4 Å². The summed E-state index contributed by atoms with van der Waals surface area (Å²) in [5.74, 6) is -2.77. The molecule has 4 heteroatoms. The van der Waals surface area contributed by atoms with Gasteiger partial charge in [0.25, 0.3) is 0 Å². The van der Waals surface area contributed by atoms with Gasteiger partial charge in [0.05, 0.1) is 5.92 Å². The highest BCUT2D eigenvalue weighted by molar-refractivity contribution is 6.02.